The quantitative estimate of drug-likeness (QED) is 0.350. The van der Waals surface area contributed by atoms with Crippen LogP contribution < -0.4 is 20.1 Å². The molecule has 34 heavy (non-hydrogen) atoms. The van der Waals surface area contributed by atoms with Gasteiger partial charge in [-0.25, -0.2) is 4.98 Å². The average molecular weight is 517 g/mol. The second-order valence-corrected chi connectivity index (χ2v) is 9.00. The minimum Gasteiger partial charge on any atom is -0.496 e. The van der Waals surface area contributed by atoms with E-state index in [0.29, 0.717) is 24.7 Å². The summed E-state index contributed by atoms with van der Waals surface area (Å²) in [5.74, 6) is 2.03. The smallest absolute Gasteiger partial charge is 0.200 e. The Morgan fingerprint density at radius 1 is 1.12 bits per heavy atom. The monoisotopic (exact) mass is 516 g/mol. The Morgan fingerprint density at radius 2 is 2.03 bits per heavy atom. The van der Waals surface area contributed by atoms with E-state index in [4.69, 9.17) is 15.2 Å². The highest BCUT2D eigenvalue weighted by Crippen LogP contribution is 2.37. The Bertz CT molecular complexity index is 1550. The van der Waals surface area contributed by atoms with Gasteiger partial charge in [0.1, 0.15) is 18.1 Å². The number of rotatable bonds is 3. The van der Waals surface area contributed by atoms with Crippen molar-refractivity contribution in [2.75, 3.05) is 30.9 Å². The number of hydrogen-bond acceptors (Lipinski definition) is 7. The van der Waals surface area contributed by atoms with Gasteiger partial charge in [-0.05, 0) is 57.9 Å². The Kier molecular flexibility index (Phi) is 4.99. The topological polar surface area (TPSA) is 102 Å². The fraction of sp³-hybridized carbons (Fsp3) is 0.160. The zero-order chi connectivity index (χ0) is 23.2. The van der Waals surface area contributed by atoms with Crippen LogP contribution in [0.4, 0.5) is 11.6 Å². The van der Waals surface area contributed by atoms with Gasteiger partial charge in [0.2, 0.25) is 0 Å². The van der Waals surface area contributed by atoms with Crippen LogP contribution >= 0.6 is 15.9 Å². The van der Waals surface area contributed by atoms with Gasteiger partial charge in [0.15, 0.2) is 11.6 Å². The van der Waals surface area contributed by atoms with E-state index in [1.807, 2.05) is 42.7 Å². The first-order valence-corrected chi connectivity index (χ1v) is 11.6. The lowest BCUT2D eigenvalue weighted by molar-refractivity contribution is 0.332. The number of ether oxygens (including phenoxy) is 2. The lowest BCUT2D eigenvalue weighted by Crippen LogP contribution is -2.25. The van der Waals surface area contributed by atoms with E-state index in [9.17, 15) is 0 Å². The first-order valence-electron chi connectivity index (χ1n) is 10.8. The van der Waals surface area contributed by atoms with E-state index in [-0.39, 0.29) is 0 Å². The third kappa shape index (κ3) is 3.58. The maximum absolute atomic E-state index is 6.10. The molecular weight excluding hydrogens is 496 g/mol. The number of nitrogens with one attached hydrogen (secondary N) is 1. The molecule has 170 valence electrons. The van der Waals surface area contributed by atoms with Crippen LogP contribution in [0.15, 0.2) is 59.3 Å². The number of fused-ring (bicyclic) bond motifs is 3. The minimum atomic E-state index is 0.360. The number of hydrogen-bond donors (Lipinski definition) is 2. The summed E-state index contributed by atoms with van der Waals surface area (Å²) in [6, 6.07) is 14.3. The molecule has 1 aliphatic heterocycles. The molecule has 0 bridgehead atoms. The summed E-state index contributed by atoms with van der Waals surface area (Å²) < 4.78 is 12.5. The van der Waals surface area contributed by atoms with Gasteiger partial charge in [-0.3, -0.25) is 4.98 Å². The third-order valence-corrected chi connectivity index (χ3v) is 6.68. The van der Waals surface area contributed by atoms with E-state index < -0.39 is 0 Å². The zero-order valence-electron chi connectivity index (χ0n) is 18.4. The van der Waals surface area contributed by atoms with Crippen molar-refractivity contribution in [2.45, 2.75) is 6.54 Å². The third-order valence-electron chi connectivity index (χ3n) is 6.06. The van der Waals surface area contributed by atoms with Crippen molar-refractivity contribution in [3.63, 3.8) is 0 Å². The number of aromatic amines is 1. The summed E-state index contributed by atoms with van der Waals surface area (Å²) in [7, 11) is 1.67. The Morgan fingerprint density at radius 3 is 2.91 bits per heavy atom. The van der Waals surface area contributed by atoms with Crippen molar-refractivity contribution in [2.24, 2.45) is 0 Å². The van der Waals surface area contributed by atoms with Crippen molar-refractivity contribution in [1.82, 2.24) is 19.9 Å². The zero-order valence-corrected chi connectivity index (χ0v) is 20.0. The van der Waals surface area contributed by atoms with Gasteiger partial charge in [-0.2, -0.15) is 4.98 Å². The highest BCUT2D eigenvalue weighted by atomic mass is 79.9. The maximum Gasteiger partial charge on any atom is 0.200 e. The van der Waals surface area contributed by atoms with Crippen LogP contribution in [0.25, 0.3) is 33.2 Å². The van der Waals surface area contributed by atoms with Crippen LogP contribution in [-0.2, 0) is 6.54 Å². The molecule has 0 atom stereocenters. The van der Waals surface area contributed by atoms with Gasteiger partial charge >= 0.3 is 0 Å². The molecule has 6 rings (SSSR count). The molecule has 4 heterocycles. The first-order chi connectivity index (χ1) is 16.6. The van der Waals surface area contributed by atoms with Crippen LogP contribution in [0, 0.1) is 0 Å². The molecule has 5 aromatic rings. The summed E-state index contributed by atoms with van der Waals surface area (Å²) in [4.78, 5) is 18.6. The van der Waals surface area contributed by atoms with Crippen LogP contribution in [0.5, 0.6) is 11.5 Å². The molecule has 0 saturated heterocycles. The Labute approximate surface area is 203 Å². The van der Waals surface area contributed by atoms with E-state index >= 15 is 0 Å². The predicted molar refractivity (Wildman–Crippen MR) is 136 cm³/mol. The number of imidazole rings is 1. The Hall–Kier alpha value is -3.85. The van der Waals surface area contributed by atoms with Crippen molar-refractivity contribution in [3.8, 4) is 22.6 Å². The van der Waals surface area contributed by atoms with Crippen LogP contribution in [-0.4, -0.2) is 40.2 Å². The number of methoxy groups -OCH3 is 1. The fourth-order valence-corrected chi connectivity index (χ4v) is 4.91. The predicted octanol–water partition coefficient (Wildman–Crippen LogP) is 4.93. The summed E-state index contributed by atoms with van der Waals surface area (Å²) >= 11 is 3.56. The van der Waals surface area contributed by atoms with Crippen molar-refractivity contribution >= 4 is 49.6 Å². The average Bonchev–Trinajstić information content (AvgIpc) is 3.08. The molecule has 0 fully saturated rings. The number of nitrogens with zero attached hydrogens (tertiary/aromatic N) is 4. The van der Waals surface area contributed by atoms with Crippen LogP contribution in [0.1, 0.15) is 5.56 Å². The number of aromatic nitrogens is 4. The maximum atomic E-state index is 6.10. The Balaban J connectivity index is 1.40. The van der Waals surface area contributed by atoms with E-state index in [0.717, 1.165) is 61.3 Å². The van der Waals surface area contributed by atoms with E-state index in [2.05, 4.69) is 52.9 Å². The van der Waals surface area contributed by atoms with Gasteiger partial charge in [-0.15, -0.1) is 0 Å². The summed E-state index contributed by atoms with van der Waals surface area (Å²) in [6.07, 6.45) is 3.66. The molecule has 0 spiro atoms. The molecule has 3 aromatic heterocycles. The summed E-state index contributed by atoms with van der Waals surface area (Å²) in [5, 5.41) is 1.04. The number of anilines is 2. The number of benzene rings is 2. The van der Waals surface area contributed by atoms with Crippen LogP contribution in [0.3, 0.4) is 0 Å². The molecule has 1 aliphatic rings. The fourth-order valence-electron chi connectivity index (χ4n) is 4.42. The first kappa shape index (κ1) is 20.7. The van der Waals surface area contributed by atoms with Gasteiger partial charge in [0, 0.05) is 41.1 Å². The highest BCUT2D eigenvalue weighted by molar-refractivity contribution is 9.10. The second kappa shape index (κ2) is 8.18. The SMILES string of the molecule is COc1cc2c(N3CCOc4ccc(-c5cnc6nc(N)[nH]c6c5)cc4C3)ccnc2cc1Br. The second-order valence-electron chi connectivity index (χ2n) is 8.14. The van der Waals surface area contributed by atoms with Crippen molar-refractivity contribution < 1.29 is 9.47 Å². The van der Waals surface area contributed by atoms with E-state index in [1.165, 1.54) is 0 Å². The normalized spacial score (nSPS) is 13.5. The molecule has 0 aliphatic carbocycles. The molecule has 9 heteroatoms. The molecular formula is C25H21BrN6O2. The lowest BCUT2D eigenvalue weighted by atomic mass is 10.0. The molecule has 0 saturated carbocycles. The standard InChI is InChI=1S/C25H21BrN6O2/c1-33-23-10-17-19(11-18(23)26)28-5-4-21(17)32-6-7-34-22-3-2-14(8-16(22)13-32)15-9-20-24(29-12-15)31-25(27)30-20/h2-5,8-12H,6-7,13H2,1H3,(H3,27,29,30,31). The number of nitrogens with two attached hydrogens (primary N) is 1. The summed E-state index contributed by atoms with van der Waals surface area (Å²) in [6.45, 7) is 2.04. The molecule has 2 aromatic carbocycles. The minimum absolute atomic E-state index is 0.360. The number of halogens is 1. The molecule has 3 N–H and O–H groups in total. The van der Waals surface area contributed by atoms with Crippen molar-refractivity contribution in [3.05, 3.63) is 64.9 Å². The lowest BCUT2D eigenvalue weighted by Gasteiger charge is -2.24. The molecule has 8 nitrogen and oxygen atoms in total. The van der Waals surface area contributed by atoms with Crippen LogP contribution in [0.2, 0.25) is 0 Å². The van der Waals surface area contributed by atoms with Gasteiger partial charge in [0.05, 0.1) is 29.2 Å². The summed E-state index contributed by atoms with van der Waals surface area (Å²) in [5.41, 5.74) is 12.3. The van der Waals surface area contributed by atoms with Gasteiger partial charge in [-0.1, -0.05) is 6.07 Å². The van der Waals surface area contributed by atoms with Crippen molar-refractivity contribution in [1.29, 1.82) is 0 Å². The number of pyridine rings is 2. The van der Waals surface area contributed by atoms with Gasteiger partial charge < -0.3 is 25.1 Å². The molecule has 0 unspecified atom stereocenters. The number of nitrogen functional groups attached to an aromatic ring is 1. The largest absolute Gasteiger partial charge is 0.496 e. The van der Waals surface area contributed by atoms with Gasteiger partial charge in [0.25, 0.3) is 0 Å². The molecule has 0 amide bonds. The molecule has 0 radical (unpaired) electrons. The highest BCUT2D eigenvalue weighted by Gasteiger charge is 2.19. The number of H-pyrrole nitrogens is 1. The van der Waals surface area contributed by atoms with E-state index in [1.54, 1.807) is 7.11 Å².